The van der Waals surface area contributed by atoms with Crippen molar-refractivity contribution in [2.45, 2.75) is 0 Å². The Labute approximate surface area is 280 Å². The van der Waals surface area contributed by atoms with Crippen LogP contribution in [0.3, 0.4) is 0 Å². The fourth-order valence-corrected chi connectivity index (χ4v) is 6.63. The quantitative estimate of drug-likeness (QED) is 0.142. The molecule has 0 unspecified atom stereocenters. The van der Waals surface area contributed by atoms with Crippen molar-refractivity contribution in [1.29, 1.82) is 0 Å². The van der Waals surface area contributed by atoms with E-state index in [9.17, 15) is 0 Å². The normalized spacial score (nSPS) is 11.7. The van der Waals surface area contributed by atoms with Crippen LogP contribution in [-0.4, -0.2) is 29.9 Å². The molecule has 0 N–H and O–H groups in total. The molecule has 0 radical (unpaired) electrons. The highest BCUT2D eigenvalue weighted by atomic mass is 15.1. The van der Waals surface area contributed by atoms with Gasteiger partial charge in [-0.05, 0) is 83.9 Å². The van der Waals surface area contributed by atoms with Crippen molar-refractivity contribution in [2.24, 2.45) is 0 Å². The van der Waals surface area contributed by atoms with Crippen molar-refractivity contribution >= 4 is 83.3 Å². The summed E-state index contributed by atoms with van der Waals surface area (Å²) >= 11 is 0. The zero-order valence-electron chi connectivity index (χ0n) is 26.1. The first-order chi connectivity index (χ1) is 24.3. The molecule has 0 aliphatic carbocycles. The number of fused-ring (bicyclic) bond motifs is 9. The lowest BCUT2D eigenvalue weighted by Gasteiger charge is -2.25. The minimum Gasteiger partial charge on any atom is -0.311 e. The van der Waals surface area contributed by atoms with Gasteiger partial charge in [0.25, 0.3) is 0 Å². The molecule has 0 saturated carbocycles. The first-order valence-electron chi connectivity index (χ1n) is 16.1. The monoisotopic (exact) mass is 627 g/mol. The lowest BCUT2D eigenvalue weighted by atomic mass is 10.0. The van der Waals surface area contributed by atoms with Gasteiger partial charge in [0.1, 0.15) is 33.1 Å². The maximum absolute atomic E-state index is 5.21. The summed E-state index contributed by atoms with van der Waals surface area (Å²) < 4.78 is 0. The third kappa shape index (κ3) is 4.52. The van der Waals surface area contributed by atoms with E-state index < -0.39 is 0 Å². The van der Waals surface area contributed by atoms with Crippen LogP contribution in [0.15, 0.2) is 152 Å². The fourth-order valence-electron chi connectivity index (χ4n) is 6.63. The SMILES string of the molecule is c1ccc(N(c2ccccc2)c2ccc(-c3ccc4nc5c6nc7ccccc7nc6c6nc7ccccc7nc6c5nc4c3)cc2)cc1. The summed E-state index contributed by atoms with van der Waals surface area (Å²) in [6.45, 7) is 0. The van der Waals surface area contributed by atoms with Gasteiger partial charge in [-0.3, -0.25) is 0 Å². The number of benzene rings is 7. The number of anilines is 3. The third-order valence-corrected chi connectivity index (χ3v) is 8.97. The zero-order chi connectivity index (χ0) is 32.3. The van der Waals surface area contributed by atoms with Gasteiger partial charge in [0.05, 0.1) is 33.1 Å². The minimum atomic E-state index is 0.659. The van der Waals surface area contributed by atoms with Crippen molar-refractivity contribution in [3.05, 3.63) is 152 Å². The third-order valence-electron chi connectivity index (χ3n) is 8.97. The van der Waals surface area contributed by atoms with Gasteiger partial charge in [0.2, 0.25) is 0 Å². The van der Waals surface area contributed by atoms with E-state index in [1.54, 1.807) is 0 Å². The van der Waals surface area contributed by atoms with Gasteiger partial charge >= 0.3 is 0 Å². The highest BCUT2D eigenvalue weighted by Crippen LogP contribution is 2.37. The average molecular weight is 628 g/mol. The largest absolute Gasteiger partial charge is 0.311 e. The van der Waals surface area contributed by atoms with Crippen LogP contribution < -0.4 is 4.90 Å². The molecule has 0 atom stereocenters. The van der Waals surface area contributed by atoms with E-state index in [1.807, 2.05) is 66.7 Å². The molecule has 0 bridgehead atoms. The molecule has 49 heavy (non-hydrogen) atoms. The van der Waals surface area contributed by atoms with E-state index in [0.717, 1.165) is 61.3 Å². The smallest absolute Gasteiger partial charge is 0.120 e. The van der Waals surface area contributed by atoms with Crippen LogP contribution in [0.4, 0.5) is 17.1 Å². The minimum absolute atomic E-state index is 0.659. The molecule has 0 aliphatic heterocycles. The zero-order valence-corrected chi connectivity index (χ0v) is 26.1. The summed E-state index contributed by atoms with van der Waals surface area (Å²) in [6.07, 6.45) is 0. The lowest BCUT2D eigenvalue weighted by molar-refractivity contribution is 1.28. The summed E-state index contributed by atoms with van der Waals surface area (Å²) in [4.78, 5) is 32.8. The Kier molecular flexibility index (Phi) is 6.04. The second kappa shape index (κ2) is 10.9. The molecule has 10 rings (SSSR count). The maximum atomic E-state index is 5.21. The van der Waals surface area contributed by atoms with Gasteiger partial charge in [-0.2, -0.15) is 0 Å². The van der Waals surface area contributed by atoms with Gasteiger partial charge in [-0.1, -0.05) is 78.9 Å². The summed E-state index contributed by atoms with van der Waals surface area (Å²) in [7, 11) is 0. The Morgan fingerprint density at radius 2 is 0.592 bits per heavy atom. The van der Waals surface area contributed by atoms with Crippen molar-refractivity contribution in [3.8, 4) is 11.1 Å². The van der Waals surface area contributed by atoms with E-state index >= 15 is 0 Å². The molecule has 3 heterocycles. The highest BCUT2D eigenvalue weighted by Gasteiger charge is 2.19. The van der Waals surface area contributed by atoms with Crippen LogP contribution in [-0.2, 0) is 0 Å². The van der Waals surface area contributed by atoms with Crippen LogP contribution in [0.25, 0.3) is 77.3 Å². The van der Waals surface area contributed by atoms with E-state index in [4.69, 9.17) is 29.9 Å². The molecule has 10 aromatic rings. The Morgan fingerprint density at radius 3 is 1.02 bits per heavy atom. The topological polar surface area (TPSA) is 80.6 Å². The van der Waals surface area contributed by atoms with Crippen molar-refractivity contribution < 1.29 is 0 Å². The average Bonchev–Trinajstić information content (AvgIpc) is 3.17. The molecule has 228 valence electrons. The molecule has 0 fully saturated rings. The summed E-state index contributed by atoms with van der Waals surface area (Å²) in [5.74, 6) is 0. The van der Waals surface area contributed by atoms with Crippen LogP contribution in [0, 0.1) is 0 Å². The number of hydrogen-bond donors (Lipinski definition) is 0. The number of para-hydroxylation sites is 6. The second-order valence-corrected chi connectivity index (χ2v) is 12.0. The van der Waals surface area contributed by atoms with Crippen LogP contribution in [0.1, 0.15) is 0 Å². The molecule has 7 nitrogen and oxygen atoms in total. The maximum Gasteiger partial charge on any atom is 0.120 e. The molecule has 3 aromatic heterocycles. The van der Waals surface area contributed by atoms with E-state index in [-0.39, 0.29) is 0 Å². The molecule has 0 saturated heterocycles. The predicted molar refractivity (Wildman–Crippen MR) is 198 cm³/mol. The molecule has 7 heteroatoms. The first-order valence-corrected chi connectivity index (χ1v) is 16.1. The van der Waals surface area contributed by atoms with Crippen LogP contribution in [0.2, 0.25) is 0 Å². The van der Waals surface area contributed by atoms with Gasteiger partial charge in [-0.25, -0.2) is 29.9 Å². The summed E-state index contributed by atoms with van der Waals surface area (Å²) in [5, 5.41) is 0. The first kappa shape index (κ1) is 27.3. The second-order valence-electron chi connectivity index (χ2n) is 12.0. The number of hydrogen-bond acceptors (Lipinski definition) is 7. The fraction of sp³-hybridized carbons (Fsp3) is 0. The summed E-state index contributed by atoms with van der Waals surface area (Å²) in [6, 6.07) is 51.4. The predicted octanol–water partition coefficient (Wildman–Crippen LogP) is 10.1. The Balaban J connectivity index is 1.15. The van der Waals surface area contributed by atoms with E-state index in [0.29, 0.717) is 33.1 Å². The Hall–Kier alpha value is -6.86. The van der Waals surface area contributed by atoms with Gasteiger partial charge < -0.3 is 4.90 Å². The van der Waals surface area contributed by atoms with E-state index in [1.165, 1.54) is 0 Å². The molecule has 0 aliphatic rings. The van der Waals surface area contributed by atoms with Crippen LogP contribution >= 0.6 is 0 Å². The molecule has 7 aromatic carbocycles. The molecule has 0 spiro atoms. The highest BCUT2D eigenvalue weighted by molar-refractivity contribution is 6.21. The lowest BCUT2D eigenvalue weighted by Crippen LogP contribution is -2.09. The Morgan fingerprint density at radius 1 is 0.265 bits per heavy atom. The standard InChI is InChI=1S/C42H25N7/c1-3-11-28(12-4-1)49(29-13-5-2-6-14-29)30-22-19-26(20-23-30)27-21-24-35-36(25-27)48-42-40-38(44-33-17-9-10-18-34(33)46-40)37-39(41(42)47-35)45-32-16-8-7-15-31(32)43-37/h1-25H. The number of aromatic nitrogens is 6. The van der Waals surface area contributed by atoms with E-state index in [2.05, 4.69) is 89.8 Å². The number of nitrogens with zero attached hydrogens (tertiary/aromatic N) is 7. The van der Waals surface area contributed by atoms with Gasteiger partial charge in [0.15, 0.2) is 0 Å². The summed E-state index contributed by atoms with van der Waals surface area (Å²) in [5.41, 5.74) is 14.1. The molecular weight excluding hydrogens is 603 g/mol. The Bertz CT molecular complexity index is 2790. The van der Waals surface area contributed by atoms with Crippen molar-refractivity contribution in [2.75, 3.05) is 4.90 Å². The van der Waals surface area contributed by atoms with Gasteiger partial charge in [-0.15, -0.1) is 0 Å². The number of rotatable bonds is 4. The van der Waals surface area contributed by atoms with Crippen LogP contribution in [0.5, 0.6) is 0 Å². The van der Waals surface area contributed by atoms with Gasteiger partial charge in [0, 0.05) is 17.1 Å². The molecule has 0 amide bonds. The van der Waals surface area contributed by atoms with Crippen molar-refractivity contribution in [1.82, 2.24) is 29.9 Å². The molecular formula is C42H25N7. The van der Waals surface area contributed by atoms with Crippen molar-refractivity contribution in [3.63, 3.8) is 0 Å².